The Morgan fingerprint density at radius 3 is 3.05 bits per heavy atom. The number of rotatable bonds is 5. The predicted molar refractivity (Wildman–Crippen MR) is 80.6 cm³/mol. The number of hydrogen-bond donors (Lipinski definition) is 2. The molecule has 4 rings (SSSR count). The van der Waals surface area contributed by atoms with Crippen LogP contribution in [0.5, 0.6) is 0 Å². The van der Waals surface area contributed by atoms with Crippen molar-refractivity contribution in [3.63, 3.8) is 0 Å². The van der Waals surface area contributed by atoms with Gasteiger partial charge in [0.25, 0.3) is 0 Å². The summed E-state index contributed by atoms with van der Waals surface area (Å²) in [5, 5.41) is 19.2. The number of imidazole rings is 1. The zero-order chi connectivity index (χ0) is 14.1. The number of fused-ring (bicyclic) bond motifs is 1. The number of nitrogens with zero attached hydrogens (tertiary/aromatic N) is 5. The van der Waals surface area contributed by atoms with Crippen LogP contribution in [-0.4, -0.2) is 36.6 Å². The molecule has 3 aromatic rings. The molecule has 0 aromatic carbocycles. The molecule has 8 heteroatoms. The summed E-state index contributed by atoms with van der Waals surface area (Å²) in [7, 11) is 0. The fourth-order valence-corrected chi connectivity index (χ4v) is 3.66. The van der Waals surface area contributed by atoms with Crippen LogP contribution >= 0.6 is 11.3 Å². The number of aromatic amines is 1. The van der Waals surface area contributed by atoms with Gasteiger partial charge in [-0.15, -0.1) is 5.10 Å². The fourth-order valence-electron chi connectivity index (χ4n) is 2.85. The third-order valence-corrected chi connectivity index (χ3v) is 4.84. The monoisotopic (exact) mass is 303 g/mol. The number of nitrogens with one attached hydrogen (secondary N) is 2. The third-order valence-electron chi connectivity index (χ3n) is 3.96. The summed E-state index contributed by atoms with van der Waals surface area (Å²) in [5.74, 6) is 0.641. The number of aromatic nitrogens is 6. The van der Waals surface area contributed by atoms with Crippen molar-refractivity contribution >= 4 is 21.4 Å². The Hall–Kier alpha value is -1.96. The highest BCUT2D eigenvalue weighted by molar-refractivity contribution is 7.20. The second kappa shape index (κ2) is 5.44. The molecule has 0 radical (unpaired) electrons. The largest absolute Gasteiger partial charge is 0.360 e. The van der Waals surface area contributed by atoms with Gasteiger partial charge in [0.1, 0.15) is 0 Å². The molecule has 1 aliphatic carbocycles. The number of H-pyrrole nitrogens is 1. The summed E-state index contributed by atoms with van der Waals surface area (Å²) in [6, 6.07) is 0. The van der Waals surface area contributed by atoms with Gasteiger partial charge in [0.15, 0.2) is 0 Å². The van der Waals surface area contributed by atoms with E-state index >= 15 is 0 Å². The predicted octanol–water partition coefficient (Wildman–Crippen LogP) is 2.22. The third kappa shape index (κ3) is 2.63. The summed E-state index contributed by atoms with van der Waals surface area (Å²) < 4.78 is 1.90. The Bertz CT molecular complexity index is 677. The molecule has 3 aromatic heterocycles. The summed E-state index contributed by atoms with van der Waals surface area (Å²) in [5.41, 5.74) is 2.16. The normalized spacial score (nSPS) is 16.0. The van der Waals surface area contributed by atoms with Crippen LogP contribution in [0, 0.1) is 0 Å². The van der Waals surface area contributed by atoms with Crippen LogP contribution < -0.4 is 5.32 Å². The van der Waals surface area contributed by atoms with Gasteiger partial charge in [-0.25, -0.2) is 9.50 Å². The van der Waals surface area contributed by atoms with Crippen molar-refractivity contribution in [1.82, 2.24) is 30.0 Å². The van der Waals surface area contributed by atoms with E-state index in [1.807, 2.05) is 4.52 Å². The minimum atomic E-state index is 0.641. The topological polar surface area (TPSA) is 83.8 Å². The first kappa shape index (κ1) is 12.8. The number of anilines is 1. The molecule has 0 bridgehead atoms. The summed E-state index contributed by atoms with van der Waals surface area (Å²) in [6.07, 6.45) is 9.86. The maximum Gasteiger partial charge on any atom is 0.214 e. The molecule has 0 saturated heterocycles. The second-order valence-corrected chi connectivity index (χ2v) is 6.38. The Morgan fingerprint density at radius 1 is 1.38 bits per heavy atom. The van der Waals surface area contributed by atoms with Crippen LogP contribution in [0.3, 0.4) is 0 Å². The first-order chi connectivity index (χ1) is 10.4. The summed E-state index contributed by atoms with van der Waals surface area (Å²) >= 11 is 1.60. The Morgan fingerprint density at radius 2 is 2.29 bits per heavy atom. The Labute approximate surface area is 125 Å². The van der Waals surface area contributed by atoms with Crippen molar-refractivity contribution in [2.75, 3.05) is 11.9 Å². The van der Waals surface area contributed by atoms with Crippen molar-refractivity contribution in [2.45, 2.75) is 38.0 Å². The molecule has 3 heterocycles. The quantitative estimate of drug-likeness (QED) is 0.755. The molecule has 21 heavy (non-hydrogen) atoms. The highest BCUT2D eigenvalue weighted by Gasteiger charge is 2.20. The van der Waals surface area contributed by atoms with E-state index in [-0.39, 0.29) is 0 Å². The van der Waals surface area contributed by atoms with Gasteiger partial charge in [0, 0.05) is 18.9 Å². The first-order valence-corrected chi connectivity index (χ1v) is 8.15. The van der Waals surface area contributed by atoms with Crippen molar-refractivity contribution in [3.05, 3.63) is 23.8 Å². The van der Waals surface area contributed by atoms with Crippen LogP contribution in [0.1, 0.15) is 43.0 Å². The molecule has 2 N–H and O–H groups in total. The second-order valence-electron chi connectivity index (χ2n) is 5.42. The summed E-state index contributed by atoms with van der Waals surface area (Å²) in [6.45, 7) is 0.790. The van der Waals surface area contributed by atoms with E-state index in [9.17, 15) is 0 Å². The van der Waals surface area contributed by atoms with Gasteiger partial charge in [-0.05, 0) is 12.8 Å². The first-order valence-electron chi connectivity index (χ1n) is 7.33. The lowest BCUT2D eigenvalue weighted by molar-refractivity contribution is 0.702. The minimum Gasteiger partial charge on any atom is -0.360 e. The molecule has 7 nitrogen and oxygen atoms in total. The standard InChI is InChI=1S/C13H17N7S/c1-2-4-9(3-1)11-8-20-13(16-11)21-12(18-20)14-6-5-10-7-15-19-17-10/h7-9H,1-6H2,(H,14,18)(H,15,17,19). The average Bonchev–Trinajstić information content (AvgIpc) is 3.23. The maximum atomic E-state index is 4.72. The van der Waals surface area contributed by atoms with Gasteiger partial charge in [-0.3, -0.25) is 0 Å². The minimum absolute atomic E-state index is 0.641. The van der Waals surface area contributed by atoms with Crippen LogP contribution in [-0.2, 0) is 6.42 Å². The van der Waals surface area contributed by atoms with E-state index in [0.29, 0.717) is 5.92 Å². The van der Waals surface area contributed by atoms with Crippen molar-refractivity contribution in [3.8, 4) is 0 Å². The molecule has 0 spiro atoms. The number of hydrogen-bond acceptors (Lipinski definition) is 6. The smallest absolute Gasteiger partial charge is 0.214 e. The van der Waals surface area contributed by atoms with Gasteiger partial charge in [0.2, 0.25) is 10.1 Å². The molecule has 0 atom stereocenters. The zero-order valence-corrected chi connectivity index (χ0v) is 12.4. The summed E-state index contributed by atoms with van der Waals surface area (Å²) in [4.78, 5) is 5.70. The van der Waals surface area contributed by atoms with Crippen molar-refractivity contribution < 1.29 is 0 Å². The molecule has 0 aliphatic heterocycles. The molecule has 1 fully saturated rings. The van der Waals surface area contributed by atoms with E-state index in [0.717, 1.165) is 28.8 Å². The SMILES string of the molecule is c1n[nH]nc1CCNc1nn2cc(C3CCCC3)nc2s1. The molecular weight excluding hydrogens is 286 g/mol. The highest BCUT2D eigenvalue weighted by atomic mass is 32.1. The van der Waals surface area contributed by atoms with Crippen molar-refractivity contribution in [2.24, 2.45) is 0 Å². The molecule has 0 amide bonds. The van der Waals surface area contributed by atoms with E-state index in [2.05, 4.69) is 32.0 Å². The van der Waals surface area contributed by atoms with Crippen LogP contribution in [0.2, 0.25) is 0 Å². The lowest BCUT2D eigenvalue weighted by Gasteiger charge is -2.02. The van der Waals surface area contributed by atoms with Crippen LogP contribution in [0.25, 0.3) is 4.96 Å². The van der Waals surface area contributed by atoms with Gasteiger partial charge in [-0.2, -0.15) is 15.4 Å². The Kier molecular flexibility index (Phi) is 3.30. The molecule has 0 unspecified atom stereocenters. The van der Waals surface area contributed by atoms with Gasteiger partial charge in [-0.1, -0.05) is 24.2 Å². The lowest BCUT2D eigenvalue weighted by atomic mass is 10.1. The van der Waals surface area contributed by atoms with E-state index in [1.165, 1.54) is 31.4 Å². The van der Waals surface area contributed by atoms with Crippen LogP contribution in [0.15, 0.2) is 12.4 Å². The van der Waals surface area contributed by atoms with E-state index in [4.69, 9.17) is 4.98 Å². The molecule has 1 aliphatic rings. The average molecular weight is 303 g/mol. The van der Waals surface area contributed by atoms with E-state index < -0.39 is 0 Å². The van der Waals surface area contributed by atoms with Gasteiger partial charge in [0.05, 0.1) is 23.8 Å². The molecule has 110 valence electrons. The van der Waals surface area contributed by atoms with Gasteiger partial charge >= 0.3 is 0 Å². The molecule has 1 saturated carbocycles. The van der Waals surface area contributed by atoms with E-state index in [1.54, 1.807) is 17.5 Å². The van der Waals surface area contributed by atoms with Gasteiger partial charge < -0.3 is 5.32 Å². The zero-order valence-electron chi connectivity index (χ0n) is 11.6. The van der Waals surface area contributed by atoms with Crippen molar-refractivity contribution in [1.29, 1.82) is 0 Å². The highest BCUT2D eigenvalue weighted by Crippen LogP contribution is 2.34. The lowest BCUT2D eigenvalue weighted by Crippen LogP contribution is -2.05. The van der Waals surface area contributed by atoms with Crippen LogP contribution in [0.4, 0.5) is 5.13 Å². The maximum absolute atomic E-state index is 4.72. The fraction of sp³-hybridized carbons (Fsp3) is 0.538. The molecular formula is C13H17N7S. The Balaban J connectivity index is 1.41.